The van der Waals surface area contributed by atoms with Gasteiger partial charge in [0.25, 0.3) is 0 Å². The first kappa shape index (κ1) is 16.3. The lowest BCUT2D eigenvalue weighted by Gasteiger charge is -2.29. The van der Waals surface area contributed by atoms with Gasteiger partial charge in [0, 0.05) is 18.3 Å². The average Bonchev–Trinajstić information content (AvgIpc) is 2.47. The normalized spacial score (nSPS) is 23.2. The van der Waals surface area contributed by atoms with Crippen LogP contribution in [0.1, 0.15) is 39.5 Å². The third-order valence-corrected chi connectivity index (χ3v) is 6.07. The van der Waals surface area contributed by atoms with Crippen LogP contribution < -0.4 is 10.0 Å². The molecule has 2 N–H and O–H groups in total. The molecule has 0 aliphatic heterocycles. The molecule has 0 radical (unpaired) electrons. The van der Waals surface area contributed by atoms with Gasteiger partial charge in [-0.15, -0.1) is 0 Å². The van der Waals surface area contributed by atoms with Gasteiger partial charge in [0.1, 0.15) is 0 Å². The summed E-state index contributed by atoms with van der Waals surface area (Å²) in [6.45, 7) is 4.41. The summed E-state index contributed by atoms with van der Waals surface area (Å²) in [6.07, 6.45) is 4.02. The van der Waals surface area contributed by atoms with Crippen LogP contribution in [0.4, 0.5) is 5.69 Å². The van der Waals surface area contributed by atoms with Gasteiger partial charge in [-0.3, -0.25) is 0 Å². The number of para-hydroxylation sites is 1. The van der Waals surface area contributed by atoms with Crippen molar-refractivity contribution >= 4 is 15.7 Å². The molecule has 0 spiro atoms. The first-order valence-corrected chi connectivity index (χ1v) is 9.32. The van der Waals surface area contributed by atoms with Crippen LogP contribution in [0.2, 0.25) is 0 Å². The zero-order valence-corrected chi connectivity index (χ0v) is 13.7. The zero-order chi connectivity index (χ0) is 15.3. The van der Waals surface area contributed by atoms with E-state index in [2.05, 4.69) is 22.2 Å². The number of anilines is 1. The van der Waals surface area contributed by atoms with Crippen molar-refractivity contribution in [3.63, 3.8) is 0 Å². The second kappa shape index (κ2) is 7.27. The Morgan fingerprint density at radius 1 is 1.10 bits per heavy atom. The molecule has 1 aliphatic carbocycles. The second-order valence-corrected chi connectivity index (χ2v) is 8.44. The molecule has 0 heterocycles. The Labute approximate surface area is 128 Å². The Balaban J connectivity index is 1.74. The summed E-state index contributed by atoms with van der Waals surface area (Å²) >= 11 is 0. The lowest BCUT2D eigenvalue weighted by molar-refractivity contribution is 0.323. The molecule has 118 valence electrons. The van der Waals surface area contributed by atoms with Crippen LogP contribution in [0.15, 0.2) is 30.3 Å². The van der Waals surface area contributed by atoms with E-state index in [-0.39, 0.29) is 11.3 Å². The minimum absolute atomic E-state index is 0.116. The highest BCUT2D eigenvalue weighted by Gasteiger charge is 2.26. The predicted molar refractivity (Wildman–Crippen MR) is 87.9 cm³/mol. The van der Waals surface area contributed by atoms with Gasteiger partial charge in [0.15, 0.2) is 0 Å². The smallest absolute Gasteiger partial charge is 0.214 e. The monoisotopic (exact) mass is 310 g/mol. The number of nitrogens with one attached hydrogen (secondary N) is 2. The quantitative estimate of drug-likeness (QED) is 0.849. The van der Waals surface area contributed by atoms with E-state index in [1.54, 1.807) is 13.8 Å². The van der Waals surface area contributed by atoms with Crippen molar-refractivity contribution in [3.05, 3.63) is 30.3 Å². The summed E-state index contributed by atoms with van der Waals surface area (Å²) in [7, 11) is -3.14. The van der Waals surface area contributed by atoms with Crippen LogP contribution in [0, 0.1) is 5.92 Å². The summed E-state index contributed by atoms with van der Waals surface area (Å²) in [5, 5.41) is 3.11. The Kier molecular flexibility index (Phi) is 5.65. The van der Waals surface area contributed by atoms with E-state index in [4.69, 9.17) is 0 Å². The molecule has 1 saturated carbocycles. The molecule has 1 aromatic carbocycles. The van der Waals surface area contributed by atoms with Crippen LogP contribution >= 0.6 is 0 Å². The molecule has 1 aromatic rings. The topological polar surface area (TPSA) is 58.2 Å². The van der Waals surface area contributed by atoms with Crippen LogP contribution in [0.5, 0.6) is 0 Å². The fourth-order valence-electron chi connectivity index (χ4n) is 2.67. The molecular weight excluding hydrogens is 284 g/mol. The predicted octanol–water partition coefficient (Wildman–Crippen LogP) is 2.99. The van der Waals surface area contributed by atoms with Gasteiger partial charge in [-0.2, -0.15) is 0 Å². The second-order valence-electron chi connectivity index (χ2n) is 6.18. The van der Waals surface area contributed by atoms with Gasteiger partial charge in [-0.05, 0) is 57.6 Å². The molecule has 0 atom stereocenters. The number of hydrogen-bond donors (Lipinski definition) is 2. The van der Waals surface area contributed by atoms with Crippen molar-refractivity contribution in [2.75, 3.05) is 11.9 Å². The number of rotatable bonds is 6. The highest BCUT2D eigenvalue weighted by Crippen LogP contribution is 2.25. The molecule has 0 unspecified atom stereocenters. The molecule has 1 fully saturated rings. The highest BCUT2D eigenvalue weighted by molar-refractivity contribution is 7.90. The lowest BCUT2D eigenvalue weighted by atomic mass is 9.86. The summed E-state index contributed by atoms with van der Waals surface area (Å²) in [4.78, 5) is 0. The third-order valence-electron chi connectivity index (χ3n) is 4.17. The maximum Gasteiger partial charge on any atom is 0.214 e. The molecular formula is C16H26N2O2S. The summed E-state index contributed by atoms with van der Waals surface area (Å²) in [5.41, 5.74) is 1.15. The zero-order valence-electron chi connectivity index (χ0n) is 12.9. The van der Waals surface area contributed by atoms with Gasteiger partial charge >= 0.3 is 0 Å². The van der Waals surface area contributed by atoms with E-state index in [0.29, 0.717) is 5.92 Å². The van der Waals surface area contributed by atoms with E-state index in [0.717, 1.165) is 37.9 Å². The minimum atomic E-state index is -3.14. The molecule has 1 aliphatic rings. The van der Waals surface area contributed by atoms with Crippen LogP contribution in [-0.4, -0.2) is 26.3 Å². The molecule has 2 rings (SSSR count). The SMILES string of the molecule is CC(C)S(=O)(=O)NC1CCC(CNc2ccccc2)CC1. The first-order chi connectivity index (χ1) is 9.97. The average molecular weight is 310 g/mol. The molecule has 0 saturated heterocycles. The Hall–Kier alpha value is -1.07. The van der Waals surface area contributed by atoms with Crippen LogP contribution in [0.3, 0.4) is 0 Å². The Bertz CT molecular complexity index is 520. The molecule has 0 amide bonds. The standard InChI is InChI=1S/C16H26N2O2S/c1-13(2)21(19,20)18-16-10-8-14(9-11-16)12-17-15-6-4-3-5-7-15/h3-7,13-14,16-18H,8-12H2,1-2H3. The van der Waals surface area contributed by atoms with E-state index in [1.807, 2.05) is 18.2 Å². The Morgan fingerprint density at radius 2 is 1.71 bits per heavy atom. The van der Waals surface area contributed by atoms with Gasteiger partial charge < -0.3 is 5.32 Å². The van der Waals surface area contributed by atoms with Crippen LogP contribution in [0.25, 0.3) is 0 Å². The molecule has 0 bridgehead atoms. The van der Waals surface area contributed by atoms with Gasteiger partial charge in [-0.1, -0.05) is 18.2 Å². The van der Waals surface area contributed by atoms with Crippen molar-refractivity contribution in [1.82, 2.24) is 4.72 Å². The highest BCUT2D eigenvalue weighted by atomic mass is 32.2. The number of benzene rings is 1. The number of sulfonamides is 1. The lowest BCUT2D eigenvalue weighted by Crippen LogP contribution is -2.41. The van der Waals surface area contributed by atoms with E-state index in [9.17, 15) is 8.42 Å². The van der Waals surface area contributed by atoms with Crippen molar-refractivity contribution in [2.24, 2.45) is 5.92 Å². The molecule has 21 heavy (non-hydrogen) atoms. The number of hydrogen-bond acceptors (Lipinski definition) is 3. The maximum absolute atomic E-state index is 11.9. The summed E-state index contributed by atoms with van der Waals surface area (Å²) < 4.78 is 26.6. The van der Waals surface area contributed by atoms with Gasteiger partial charge in [-0.25, -0.2) is 13.1 Å². The Morgan fingerprint density at radius 3 is 2.29 bits per heavy atom. The van der Waals surface area contributed by atoms with E-state index in [1.165, 1.54) is 0 Å². The van der Waals surface area contributed by atoms with Crippen molar-refractivity contribution in [3.8, 4) is 0 Å². The van der Waals surface area contributed by atoms with Crippen molar-refractivity contribution < 1.29 is 8.42 Å². The molecule has 0 aromatic heterocycles. The largest absolute Gasteiger partial charge is 0.385 e. The molecule has 5 heteroatoms. The van der Waals surface area contributed by atoms with Crippen LogP contribution in [-0.2, 0) is 10.0 Å². The fraction of sp³-hybridized carbons (Fsp3) is 0.625. The van der Waals surface area contributed by atoms with E-state index >= 15 is 0 Å². The van der Waals surface area contributed by atoms with Gasteiger partial charge in [0.2, 0.25) is 10.0 Å². The summed E-state index contributed by atoms with van der Waals surface area (Å²) in [6, 6.07) is 10.3. The first-order valence-electron chi connectivity index (χ1n) is 7.77. The van der Waals surface area contributed by atoms with E-state index < -0.39 is 10.0 Å². The summed E-state index contributed by atoms with van der Waals surface area (Å²) in [5.74, 6) is 0.630. The minimum Gasteiger partial charge on any atom is -0.385 e. The maximum atomic E-state index is 11.9. The molecule has 4 nitrogen and oxygen atoms in total. The van der Waals surface area contributed by atoms with Crippen molar-refractivity contribution in [1.29, 1.82) is 0 Å². The van der Waals surface area contributed by atoms with Gasteiger partial charge in [0.05, 0.1) is 5.25 Å². The third kappa shape index (κ3) is 5.00. The van der Waals surface area contributed by atoms with Crippen molar-refractivity contribution in [2.45, 2.75) is 50.8 Å². The fourth-order valence-corrected chi connectivity index (χ4v) is 3.64.